The second kappa shape index (κ2) is 6.36. The monoisotopic (exact) mass is 257 g/mol. The molecular formula is C16H19NO2. The Kier molecular flexibility index (Phi) is 4.55. The van der Waals surface area contributed by atoms with Crippen molar-refractivity contribution in [1.82, 2.24) is 0 Å². The van der Waals surface area contributed by atoms with E-state index in [0.29, 0.717) is 6.61 Å². The minimum atomic E-state index is 0.00684. The van der Waals surface area contributed by atoms with Crippen LogP contribution in [0.15, 0.2) is 48.5 Å². The fourth-order valence-electron chi connectivity index (χ4n) is 1.80. The van der Waals surface area contributed by atoms with Crippen LogP contribution in [-0.2, 0) is 13.2 Å². The molecule has 2 aromatic rings. The Morgan fingerprint density at radius 1 is 1.11 bits per heavy atom. The number of benzene rings is 2. The molecule has 0 amide bonds. The highest BCUT2D eigenvalue weighted by molar-refractivity contribution is 5.30. The molecule has 0 spiro atoms. The highest BCUT2D eigenvalue weighted by atomic mass is 16.5. The lowest BCUT2D eigenvalue weighted by Crippen LogP contribution is -2.05. The number of hydrogen-bond donors (Lipinski definition) is 2. The molecule has 0 saturated carbocycles. The third-order valence-electron chi connectivity index (χ3n) is 2.99. The number of nitrogens with two attached hydrogens (primary N) is 1. The van der Waals surface area contributed by atoms with Crippen molar-refractivity contribution in [3.63, 3.8) is 0 Å². The van der Waals surface area contributed by atoms with Crippen LogP contribution in [-0.4, -0.2) is 5.11 Å². The van der Waals surface area contributed by atoms with Crippen molar-refractivity contribution in [1.29, 1.82) is 0 Å². The second-order valence-electron chi connectivity index (χ2n) is 4.62. The van der Waals surface area contributed by atoms with Crippen molar-refractivity contribution in [2.24, 2.45) is 5.73 Å². The average Bonchev–Trinajstić information content (AvgIpc) is 2.46. The van der Waals surface area contributed by atoms with E-state index in [1.807, 2.05) is 55.5 Å². The van der Waals surface area contributed by atoms with Gasteiger partial charge in [0, 0.05) is 6.04 Å². The Morgan fingerprint density at radius 3 is 2.42 bits per heavy atom. The van der Waals surface area contributed by atoms with Crippen LogP contribution in [0.25, 0.3) is 0 Å². The van der Waals surface area contributed by atoms with E-state index in [4.69, 9.17) is 15.6 Å². The van der Waals surface area contributed by atoms with Gasteiger partial charge in [0.25, 0.3) is 0 Å². The van der Waals surface area contributed by atoms with Crippen molar-refractivity contribution < 1.29 is 9.84 Å². The van der Waals surface area contributed by atoms with Gasteiger partial charge in [-0.15, -0.1) is 0 Å². The molecule has 0 unspecified atom stereocenters. The number of aliphatic hydroxyl groups excluding tert-OH is 1. The first-order valence-electron chi connectivity index (χ1n) is 6.36. The first-order chi connectivity index (χ1) is 9.19. The standard InChI is InChI=1S/C16H19NO2/c1-12(17)15-3-2-4-16(9-15)19-11-14-7-5-13(10-18)6-8-14/h2-9,12,18H,10-11,17H2,1H3/t12-/m1/s1. The van der Waals surface area contributed by atoms with Crippen LogP contribution in [0.3, 0.4) is 0 Å². The maximum atomic E-state index is 8.98. The quantitative estimate of drug-likeness (QED) is 0.866. The summed E-state index contributed by atoms with van der Waals surface area (Å²) in [4.78, 5) is 0. The van der Waals surface area contributed by atoms with Gasteiger partial charge in [0.1, 0.15) is 12.4 Å². The van der Waals surface area contributed by atoms with Crippen LogP contribution in [0.1, 0.15) is 29.7 Å². The van der Waals surface area contributed by atoms with E-state index >= 15 is 0 Å². The zero-order valence-corrected chi connectivity index (χ0v) is 11.0. The van der Waals surface area contributed by atoms with Gasteiger partial charge < -0.3 is 15.6 Å². The largest absolute Gasteiger partial charge is 0.489 e. The van der Waals surface area contributed by atoms with Crippen molar-refractivity contribution in [3.8, 4) is 5.75 Å². The molecule has 3 N–H and O–H groups in total. The summed E-state index contributed by atoms with van der Waals surface area (Å²) < 4.78 is 5.74. The molecule has 0 bridgehead atoms. The maximum Gasteiger partial charge on any atom is 0.120 e. The molecule has 1 atom stereocenters. The SMILES string of the molecule is C[C@@H](N)c1cccc(OCc2ccc(CO)cc2)c1. The summed E-state index contributed by atoms with van der Waals surface area (Å²) in [6.45, 7) is 2.53. The van der Waals surface area contributed by atoms with Crippen LogP contribution >= 0.6 is 0 Å². The predicted octanol–water partition coefficient (Wildman–Crippen LogP) is 2.78. The topological polar surface area (TPSA) is 55.5 Å². The molecule has 100 valence electrons. The van der Waals surface area contributed by atoms with Gasteiger partial charge in [-0.05, 0) is 35.7 Å². The fraction of sp³-hybridized carbons (Fsp3) is 0.250. The van der Waals surface area contributed by atoms with Crippen molar-refractivity contribution in [3.05, 3.63) is 65.2 Å². The lowest BCUT2D eigenvalue weighted by atomic mass is 10.1. The highest BCUT2D eigenvalue weighted by Crippen LogP contribution is 2.18. The molecule has 3 heteroatoms. The lowest BCUT2D eigenvalue weighted by Gasteiger charge is -2.10. The van der Waals surface area contributed by atoms with Gasteiger partial charge in [-0.25, -0.2) is 0 Å². The first-order valence-corrected chi connectivity index (χ1v) is 6.36. The smallest absolute Gasteiger partial charge is 0.120 e. The summed E-state index contributed by atoms with van der Waals surface area (Å²) in [6, 6.07) is 15.6. The van der Waals surface area contributed by atoms with Crippen LogP contribution in [0.5, 0.6) is 5.75 Å². The Balaban J connectivity index is 1.99. The third-order valence-corrected chi connectivity index (χ3v) is 2.99. The van der Waals surface area contributed by atoms with Crippen LogP contribution in [0.2, 0.25) is 0 Å². The minimum Gasteiger partial charge on any atom is -0.489 e. The molecule has 0 fully saturated rings. The van der Waals surface area contributed by atoms with Gasteiger partial charge in [0.2, 0.25) is 0 Å². The van der Waals surface area contributed by atoms with Gasteiger partial charge in [0.05, 0.1) is 6.61 Å². The molecule has 3 nitrogen and oxygen atoms in total. The van der Waals surface area contributed by atoms with Gasteiger partial charge >= 0.3 is 0 Å². The molecule has 0 heterocycles. The van der Waals surface area contributed by atoms with Gasteiger partial charge in [-0.3, -0.25) is 0 Å². The average molecular weight is 257 g/mol. The second-order valence-corrected chi connectivity index (χ2v) is 4.62. The van der Waals surface area contributed by atoms with Crippen molar-refractivity contribution >= 4 is 0 Å². The van der Waals surface area contributed by atoms with Gasteiger partial charge in [-0.1, -0.05) is 36.4 Å². The van der Waals surface area contributed by atoms with E-state index in [2.05, 4.69) is 0 Å². The maximum absolute atomic E-state index is 8.98. The molecule has 0 aliphatic heterocycles. The van der Waals surface area contributed by atoms with Crippen LogP contribution < -0.4 is 10.5 Å². The first kappa shape index (κ1) is 13.6. The minimum absolute atomic E-state index is 0.00684. The molecule has 0 radical (unpaired) electrons. The number of aliphatic hydroxyl groups is 1. The molecule has 0 aromatic heterocycles. The zero-order valence-electron chi connectivity index (χ0n) is 11.0. The van der Waals surface area contributed by atoms with E-state index in [0.717, 1.165) is 22.4 Å². The van der Waals surface area contributed by atoms with Gasteiger partial charge in [-0.2, -0.15) is 0 Å². The Labute approximate surface area is 113 Å². The Hall–Kier alpha value is -1.84. The van der Waals surface area contributed by atoms with Crippen LogP contribution in [0, 0.1) is 0 Å². The van der Waals surface area contributed by atoms with E-state index in [1.54, 1.807) is 0 Å². The summed E-state index contributed by atoms with van der Waals surface area (Å²) in [6.07, 6.45) is 0. The summed E-state index contributed by atoms with van der Waals surface area (Å²) in [5, 5.41) is 8.98. The molecule has 2 rings (SSSR count). The zero-order chi connectivity index (χ0) is 13.7. The van der Waals surface area contributed by atoms with Crippen molar-refractivity contribution in [2.75, 3.05) is 0 Å². The number of rotatable bonds is 5. The van der Waals surface area contributed by atoms with Crippen LogP contribution in [0.4, 0.5) is 0 Å². The molecule has 0 aliphatic rings. The Bertz CT molecular complexity index is 521. The molecule has 0 saturated heterocycles. The lowest BCUT2D eigenvalue weighted by molar-refractivity contribution is 0.281. The molecular weight excluding hydrogens is 238 g/mol. The fourth-order valence-corrected chi connectivity index (χ4v) is 1.80. The highest BCUT2D eigenvalue weighted by Gasteiger charge is 2.01. The van der Waals surface area contributed by atoms with Crippen molar-refractivity contribution in [2.45, 2.75) is 26.2 Å². The summed E-state index contributed by atoms with van der Waals surface area (Å²) in [5.74, 6) is 0.820. The summed E-state index contributed by atoms with van der Waals surface area (Å²) in [7, 11) is 0. The van der Waals surface area contributed by atoms with Gasteiger partial charge in [0.15, 0.2) is 0 Å². The normalized spacial score (nSPS) is 12.2. The Morgan fingerprint density at radius 2 is 1.79 bits per heavy atom. The predicted molar refractivity (Wildman–Crippen MR) is 75.7 cm³/mol. The molecule has 19 heavy (non-hydrogen) atoms. The van der Waals surface area contributed by atoms with E-state index in [9.17, 15) is 0 Å². The molecule has 0 aliphatic carbocycles. The van der Waals surface area contributed by atoms with E-state index in [1.165, 1.54) is 0 Å². The molecule has 2 aromatic carbocycles. The summed E-state index contributed by atoms with van der Waals surface area (Å²) in [5.41, 5.74) is 8.88. The number of hydrogen-bond acceptors (Lipinski definition) is 3. The van der Waals surface area contributed by atoms with E-state index < -0.39 is 0 Å². The summed E-state index contributed by atoms with van der Waals surface area (Å²) >= 11 is 0. The number of ether oxygens (including phenoxy) is 1. The van der Waals surface area contributed by atoms with E-state index in [-0.39, 0.29) is 12.6 Å². The third kappa shape index (κ3) is 3.81.